The predicted octanol–water partition coefficient (Wildman–Crippen LogP) is 2.85. The first-order valence-corrected chi connectivity index (χ1v) is 11.1. The number of imide groups is 1. The Kier molecular flexibility index (Phi) is 5.18. The number of benzene rings is 2. The zero-order valence-corrected chi connectivity index (χ0v) is 18.1. The van der Waals surface area contributed by atoms with Crippen molar-refractivity contribution in [1.29, 1.82) is 0 Å². The molecule has 0 radical (unpaired) electrons. The average molecular weight is 449 g/mol. The van der Waals surface area contributed by atoms with Crippen molar-refractivity contribution in [2.24, 2.45) is 0 Å². The van der Waals surface area contributed by atoms with Gasteiger partial charge >= 0.3 is 0 Å². The molecule has 1 unspecified atom stereocenters. The van der Waals surface area contributed by atoms with Gasteiger partial charge in [0, 0.05) is 23.1 Å². The van der Waals surface area contributed by atoms with E-state index in [9.17, 15) is 14.4 Å². The normalized spacial score (nSPS) is 18.0. The van der Waals surface area contributed by atoms with Gasteiger partial charge in [-0.2, -0.15) is 0 Å². The Balaban J connectivity index is 1.31. The van der Waals surface area contributed by atoms with Gasteiger partial charge in [0.05, 0.1) is 6.54 Å². The van der Waals surface area contributed by atoms with E-state index in [1.165, 1.54) is 21.8 Å². The van der Waals surface area contributed by atoms with Crippen molar-refractivity contribution in [3.63, 3.8) is 0 Å². The molecule has 0 spiro atoms. The molecule has 2 aliphatic heterocycles. The molecular formula is C23H20N4O4S. The minimum absolute atomic E-state index is 0.222. The Morgan fingerprint density at radius 2 is 1.94 bits per heavy atom. The summed E-state index contributed by atoms with van der Waals surface area (Å²) in [6, 6.07) is 12.7. The van der Waals surface area contributed by atoms with Crippen LogP contribution in [0.15, 0.2) is 42.5 Å². The van der Waals surface area contributed by atoms with Crippen LogP contribution in [0.2, 0.25) is 0 Å². The molecule has 1 atom stereocenters. The zero-order valence-electron chi connectivity index (χ0n) is 17.3. The fourth-order valence-electron chi connectivity index (χ4n) is 3.96. The third-order valence-electron chi connectivity index (χ3n) is 5.66. The molecule has 3 amide bonds. The monoisotopic (exact) mass is 448 g/mol. The molecule has 32 heavy (non-hydrogen) atoms. The number of aromatic nitrogens is 2. The molecule has 9 heteroatoms. The summed E-state index contributed by atoms with van der Waals surface area (Å²) < 4.78 is 6.01. The van der Waals surface area contributed by atoms with Crippen LogP contribution in [0.1, 0.15) is 39.3 Å². The summed E-state index contributed by atoms with van der Waals surface area (Å²) in [5, 5.41) is 12.3. The molecule has 2 aliphatic rings. The second-order valence-electron chi connectivity index (χ2n) is 7.84. The first-order valence-electron chi connectivity index (χ1n) is 10.3. The lowest BCUT2D eigenvalue weighted by Gasteiger charge is -2.29. The first-order chi connectivity index (χ1) is 15.5. The predicted molar refractivity (Wildman–Crippen MR) is 117 cm³/mol. The van der Waals surface area contributed by atoms with E-state index in [0.717, 1.165) is 21.1 Å². The third-order valence-corrected chi connectivity index (χ3v) is 6.60. The second-order valence-corrected chi connectivity index (χ2v) is 8.90. The standard InChI is InChI=1S/C23H20N4O4S/c1-13-5-7-14(8-6-13)22-26-25-20(32-22)12-31-18-4-2-3-15-16(18)11-27(23(15)30)17-9-10-19(28)24-21(17)29/h2-8,17H,9-12H2,1H3,(H,24,28,29). The van der Waals surface area contributed by atoms with E-state index in [1.54, 1.807) is 12.1 Å². The van der Waals surface area contributed by atoms with Gasteiger partial charge in [0.25, 0.3) is 5.91 Å². The molecule has 1 aromatic heterocycles. The number of carbonyl (C=O) groups is 3. The summed E-state index contributed by atoms with van der Waals surface area (Å²) in [5.74, 6) is -0.376. The highest BCUT2D eigenvalue weighted by Gasteiger charge is 2.40. The molecule has 0 saturated carbocycles. The Morgan fingerprint density at radius 3 is 2.72 bits per heavy atom. The second kappa shape index (κ2) is 8.16. The van der Waals surface area contributed by atoms with Crippen LogP contribution in [0, 0.1) is 6.92 Å². The molecule has 5 rings (SSSR count). The van der Waals surface area contributed by atoms with Gasteiger partial charge in [-0.15, -0.1) is 10.2 Å². The van der Waals surface area contributed by atoms with Crippen LogP contribution in [-0.2, 0) is 22.7 Å². The number of nitrogens with one attached hydrogen (secondary N) is 1. The lowest BCUT2D eigenvalue weighted by molar-refractivity contribution is -0.136. The summed E-state index contributed by atoms with van der Waals surface area (Å²) in [4.78, 5) is 38.1. The topological polar surface area (TPSA) is 101 Å². The van der Waals surface area contributed by atoms with Crippen molar-refractivity contribution in [2.75, 3.05) is 0 Å². The van der Waals surface area contributed by atoms with Crippen molar-refractivity contribution < 1.29 is 19.1 Å². The largest absolute Gasteiger partial charge is 0.486 e. The van der Waals surface area contributed by atoms with Crippen LogP contribution in [-0.4, -0.2) is 38.9 Å². The Bertz CT molecular complexity index is 1220. The molecule has 162 valence electrons. The van der Waals surface area contributed by atoms with Crippen LogP contribution in [0.25, 0.3) is 10.6 Å². The quantitative estimate of drug-likeness (QED) is 0.603. The Hall–Kier alpha value is -3.59. The first kappa shape index (κ1) is 20.3. The maximum Gasteiger partial charge on any atom is 0.255 e. The lowest BCUT2D eigenvalue weighted by Crippen LogP contribution is -2.52. The lowest BCUT2D eigenvalue weighted by atomic mass is 10.0. The van der Waals surface area contributed by atoms with Crippen LogP contribution in [0.4, 0.5) is 0 Å². The molecule has 3 aromatic rings. The van der Waals surface area contributed by atoms with E-state index in [0.29, 0.717) is 17.7 Å². The number of aryl methyl sites for hydroxylation is 1. The van der Waals surface area contributed by atoms with Crippen molar-refractivity contribution in [3.05, 3.63) is 64.2 Å². The minimum atomic E-state index is -0.652. The van der Waals surface area contributed by atoms with Gasteiger partial charge in [-0.1, -0.05) is 47.2 Å². The molecule has 1 saturated heterocycles. The number of nitrogens with zero attached hydrogens (tertiary/aromatic N) is 3. The van der Waals surface area contributed by atoms with Gasteiger partial charge < -0.3 is 9.64 Å². The SMILES string of the molecule is Cc1ccc(-c2nnc(COc3cccc4c3CN(C3CCC(=O)NC3=O)C4=O)s2)cc1. The van der Waals surface area contributed by atoms with Gasteiger partial charge in [-0.3, -0.25) is 19.7 Å². The van der Waals surface area contributed by atoms with Crippen LogP contribution >= 0.6 is 11.3 Å². The molecule has 3 heterocycles. The van der Waals surface area contributed by atoms with Crippen LogP contribution in [0.3, 0.4) is 0 Å². The Morgan fingerprint density at radius 1 is 1.12 bits per heavy atom. The molecular weight excluding hydrogens is 428 g/mol. The van der Waals surface area contributed by atoms with Crippen LogP contribution in [0.5, 0.6) is 5.75 Å². The minimum Gasteiger partial charge on any atom is -0.486 e. The van der Waals surface area contributed by atoms with Crippen LogP contribution < -0.4 is 10.1 Å². The summed E-state index contributed by atoms with van der Waals surface area (Å²) in [6.45, 7) is 2.53. The maximum atomic E-state index is 12.9. The average Bonchev–Trinajstić information content (AvgIpc) is 3.38. The van der Waals surface area contributed by atoms with Crippen molar-refractivity contribution in [1.82, 2.24) is 20.4 Å². The van der Waals surface area contributed by atoms with E-state index < -0.39 is 11.9 Å². The summed E-state index contributed by atoms with van der Waals surface area (Å²) in [7, 11) is 0. The van der Waals surface area contributed by atoms with E-state index in [4.69, 9.17) is 4.74 Å². The highest BCUT2D eigenvalue weighted by Crippen LogP contribution is 2.34. The molecule has 0 bridgehead atoms. The van der Waals surface area contributed by atoms with E-state index in [-0.39, 0.29) is 31.4 Å². The van der Waals surface area contributed by atoms with Gasteiger partial charge in [0.2, 0.25) is 11.8 Å². The molecule has 2 aromatic carbocycles. The molecule has 1 N–H and O–H groups in total. The zero-order chi connectivity index (χ0) is 22.2. The van der Waals surface area contributed by atoms with Gasteiger partial charge in [0.15, 0.2) is 5.01 Å². The number of carbonyl (C=O) groups excluding carboxylic acids is 3. The fourth-order valence-corrected chi connectivity index (χ4v) is 4.71. The summed E-state index contributed by atoms with van der Waals surface area (Å²) in [5.41, 5.74) is 3.45. The van der Waals surface area contributed by atoms with Crippen molar-refractivity contribution >= 4 is 29.1 Å². The third kappa shape index (κ3) is 3.75. The van der Waals surface area contributed by atoms with Crippen molar-refractivity contribution in [3.8, 4) is 16.3 Å². The summed E-state index contributed by atoms with van der Waals surface area (Å²) in [6.07, 6.45) is 0.549. The number of fused-ring (bicyclic) bond motifs is 1. The number of ether oxygens (including phenoxy) is 1. The van der Waals surface area contributed by atoms with E-state index in [1.807, 2.05) is 37.3 Å². The Labute approximate surface area is 188 Å². The number of hydrogen-bond acceptors (Lipinski definition) is 7. The summed E-state index contributed by atoms with van der Waals surface area (Å²) >= 11 is 1.46. The number of hydrogen-bond donors (Lipinski definition) is 1. The van der Waals surface area contributed by atoms with Crippen molar-refractivity contribution in [2.45, 2.75) is 39.0 Å². The van der Waals surface area contributed by atoms with Gasteiger partial charge in [-0.25, -0.2) is 0 Å². The molecule has 8 nitrogen and oxygen atoms in total. The molecule has 0 aliphatic carbocycles. The van der Waals surface area contributed by atoms with E-state index >= 15 is 0 Å². The van der Waals surface area contributed by atoms with Gasteiger partial charge in [-0.05, 0) is 25.5 Å². The van der Waals surface area contributed by atoms with Gasteiger partial charge in [0.1, 0.15) is 23.4 Å². The molecule has 1 fully saturated rings. The number of amides is 3. The highest BCUT2D eigenvalue weighted by molar-refractivity contribution is 7.14. The fraction of sp³-hybridized carbons (Fsp3) is 0.261. The maximum absolute atomic E-state index is 12.9. The highest BCUT2D eigenvalue weighted by atomic mass is 32.1. The number of piperidine rings is 1. The smallest absolute Gasteiger partial charge is 0.255 e. The number of rotatable bonds is 5. The van der Waals surface area contributed by atoms with E-state index in [2.05, 4.69) is 15.5 Å².